The zero-order valence-electron chi connectivity index (χ0n) is 25.3. The lowest BCUT2D eigenvalue weighted by Gasteiger charge is -2.35. The Labute approximate surface area is 252 Å². The summed E-state index contributed by atoms with van der Waals surface area (Å²) in [4.78, 5) is 32.1. The van der Waals surface area contributed by atoms with Crippen molar-refractivity contribution < 1.29 is 24.0 Å². The molecule has 0 radical (unpaired) electrons. The van der Waals surface area contributed by atoms with Gasteiger partial charge in [0.2, 0.25) is 5.91 Å². The molecule has 1 fully saturated rings. The predicted octanol–water partition coefficient (Wildman–Crippen LogP) is 5.69. The molecule has 10 heteroatoms. The highest BCUT2D eigenvalue weighted by Crippen LogP contribution is 2.36. The number of thiazole rings is 1. The van der Waals surface area contributed by atoms with Gasteiger partial charge in [0, 0.05) is 24.6 Å². The van der Waals surface area contributed by atoms with Gasteiger partial charge in [0.15, 0.2) is 6.29 Å². The lowest BCUT2D eigenvalue weighted by Crippen LogP contribution is -2.48. The molecule has 1 saturated heterocycles. The van der Waals surface area contributed by atoms with E-state index in [4.69, 9.17) is 9.26 Å². The van der Waals surface area contributed by atoms with Gasteiger partial charge in [-0.3, -0.25) is 14.5 Å². The SMILES string of the molecule is CCCCC(CC(c1cc(OCC=O)no1)C(C)C)N1C[C@H](O)C[C@H]1C(=O)N[C@@H](C)c1ccc(-c2scnc2C)cc1. The summed E-state index contributed by atoms with van der Waals surface area (Å²) < 4.78 is 11.0. The summed E-state index contributed by atoms with van der Waals surface area (Å²) >= 11 is 1.62. The maximum atomic E-state index is 13.7. The smallest absolute Gasteiger partial charge is 0.254 e. The molecule has 1 amide bonds. The standard InChI is InChI=1S/C32H44N4O5S/c1-6-7-8-25(15-27(20(2)3)29-17-30(35-41-29)40-14-13-37)36-18-26(38)16-28(36)32(39)34-21(4)23-9-11-24(12-10-23)31-22(5)33-19-42-31/h9-13,17,19-21,25-28,38H,6-8,14-16,18H2,1-5H3,(H,34,39)/t21-,25?,26+,27?,28-/m0/s1. The predicted molar refractivity (Wildman–Crippen MR) is 164 cm³/mol. The van der Waals surface area contributed by atoms with E-state index in [9.17, 15) is 14.7 Å². The fourth-order valence-electron chi connectivity index (χ4n) is 5.90. The fraction of sp³-hybridized carbons (Fsp3) is 0.562. The number of carbonyl (C=O) groups is 2. The van der Waals surface area contributed by atoms with Crippen LogP contribution in [0.1, 0.15) is 88.8 Å². The van der Waals surface area contributed by atoms with E-state index in [0.29, 0.717) is 30.9 Å². The van der Waals surface area contributed by atoms with Crippen LogP contribution >= 0.6 is 11.3 Å². The third-order valence-electron chi connectivity index (χ3n) is 8.26. The van der Waals surface area contributed by atoms with Gasteiger partial charge in [-0.1, -0.05) is 57.9 Å². The molecule has 1 aliphatic heterocycles. The zero-order valence-corrected chi connectivity index (χ0v) is 26.1. The van der Waals surface area contributed by atoms with Crippen molar-refractivity contribution in [2.75, 3.05) is 13.2 Å². The number of aromatic nitrogens is 2. The summed E-state index contributed by atoms with van der Waals surface area (Å²) in [5.41, 5.74) is 5.02. The lowest BCUT2D eigenvalue weighted by atomic mass is 9.85. The Morgan fingerprint density at radius 2 is 2.05 bits per heavy atom. The Kier molecular flexibility index (Phi) is 11.3. The van der Waals surface area contributed by atoms with Crippen LogP contribution in [-0.2, 0) is 9.59 Å². The maximum absolute atomic E-state index is 13.7. The van der Waals surface area contributed by atoms with Crippen molar-refractivity contribution in [3.05, 3.63) is 52.9 Å². The number of nitrogens with one attached hydrogen (secondary N) is 1. The average Bonchev–Trinajstić information content (AvgIpc) is 3.72. The highest BCUT2D eigenvalue weighted by Gasteiger charge is 2.41. The molecule has 2 unspecified atom stereocenters. The van der Waals surface area contributed by atoms with Crippen molar-refractivity contribution in [2.45, 2.75) is 96.9 Å². The van der Waals surface area contributed by atoms with Crippen LogP contribution in [0.15, 0.2) is 40.4 Å². The number of hydrogen-bond donors (Lipinski definition) is 2. The monoisotopic (exact) mass is 596 g/mol. The van der Waals surface area contributed by atoms with E-state index in [1.165, 1.54) is 0 Å². The first-order chi connectivity index (χ1) is 20.2. The second-order valence-corrected chi connectivity index (χ2v) is 12.5. The minimum atomic E-state index is -0.562. The van der Waals surface area contributed by atoms with Crippen LogP contribution in [0.3, 0.4) is 0 Å². The van der Waals surface area contributed by atoms with Crippen LogP contribution in [0.4, 0.5) is 0 Å². The number of nitrogens with zero attached hydrogens (tertiary/aromatic N) is 3. The van der Waals surface area contributed by atoms with Gasteiger partial charge < -0.3 is 19.7 Å². The topological polar surface area (TPSA) is 118 Å². The van der Waals surface area contributed by atoms with Crippen LogP contribution in [0.2, 0.25) is 0 Å². The van der Waals surface area contributed by atoms with Gasteiger partial charge in [-0.25, -0.2) is 4.98 Å². The summed E-state index contributed by atoms with van der Waals surface area (Å²) in [6.45, 7) is 10.8. The first kappa shape index (κ1) is 31.8. The lowest BCUT2D eigenvalue weighted by molar-refractivity contribution is -0.127. The van der Waals surface area contributed by atoms with Crippen molar-refractivity contribution in [3.63, 3.8) is 0 Å². The second kappa shape index (κ2) is 14.9. The van der Waals surface area contributed by atoms with E-state index in [0.717, 1.165) is 47.4 Å². The molecule has 5 atom stereocenters. The molecule has 2 N–H and O–H groups in total. The molecule has 0 bridgehead atoms. The van der Waals surface area contributed by atoms with Gasteiger partial charge in [-0.2, -0.15) is 0 Å². The van der Waals surface area contributed by atoms with Crippen molar-refractivity contribution in [2.24, 2.45) is 5.92 Å². The second-order valence-electron chi connectivity index (χ2n) is 11.6. The van der Waals surface area contributed by atoms with Crippen molar-refractivity contribution in [1.29, 1.82) is 0 Å². The summed E-state index contributed by atoms with van der Waals surface area (Å²) in [6.07, 6.45) is 4.24. The number of aliphatic hydroxyl groups is 1. The van der Waals surface area contributed by atoms with Crippen molar-refractivity contribution in [1.82, 2.24) is 20.4 Å². The van der Waals surface area contributed by atoms with Crippen LogP contribution < -0.4 is 10.1 Å². The average molecular weight is 597 g/mol. The first-order valence-electron chi connectivity index (χ1n) is 15.0. The maximum Gasteiger partial charge on any atom is 0.254 e. The molecule has 1 aromatic carbocycles. The number of carbonyl (C=O) groups excluding carboxylic acids is 2. The molecular weight excluding hydrogens is 552 g/mol. The molecule has 4 rings (SSSR count). The van der Waals surface area contributed by atoms with Crippen LogP contribution in [0, 0.1) is 12.8 Å². The van der Waals surface area contributed by atoms with Gasteiger partial charge >= 0.3 is 0 Å². The van der Waals surface area contributed by atoms with Gasteiger partial charge in [0.05, 0.1) is 34.3 Å². The molecule has 228 valence electrons. The molecule has 0 spiro atoms. The largest absolute Gasteiger partial charge is 0.468 e. The Morgan fingerprint density at radius 1 is 1.29 bits per heavy atom. The number of benzene rings is 1. The van der Waals surface area contributed by atoms with Crippen LogP contribution in [0.5, 0.6) is 5.88 Å². The van der Waals surface area contributed by atoms with Gasteiger partial charge in [-0.05, 0) is 55.3 Å². The molecule has 0 saturated carbocycles. The Morgan fingerprint density at radius 3 is 2.69 bits per heavy atom. The number of amides is 1. The number of unbranched alkanes of at least 4 members (excludes halogenated alkanes) is 1. The summed E-state index contributed by atoms with van der Waals surface area (Å²) in [5.74, 6) is 1.23. The van der Waals surface area contributed by atoms with Crippen molar-refractivity contribution in [3.8, 4) is 16.3 Å². The molecule has 0 aliphatic carbocycles. The Bertz CT molecular complexity index is 1290. The summed E-state index contributed by atoms with van der Waals surface area (Å²) in [5, 5.41) is 17.9. The van der Waals surface area contributed by atoms with Crippen LogP contribution in [0.25, 0.3) is 10.4 Å². The molecule has 2 aromatic heterocycles. The van der Waals surface area contributed by atoms with Gasteiger partial charge in [0.25, 0.3) is 5.88 Å². The number of aryl methyl sites for hydroxylation is 1. The molecule has 3 heterocycles. The van der Waals surface area contributed by atoms with Gasteiger partial charge in [0.1, 0.15) is 12.4 Å². The van der Waals surface area contributed by atoms with E-state index in [1.54, 1.807) is 17.4 Å². The number of aliphatic hydroxyl groups excluding tert-OH is 1. The van der Waals surface area contributed by atoms with E-state index in [1.807, 2.05) is 19.4 Å². The quantitative estimate of drug-likeness (QED) is 0.215. The first-order valence-corrected chi connectivity index (χ1v) is 15.9. The third kappa shape index (κ3) is 7.85. The normalized spacial score (nSPS) is 19.5. The molecule has 9 nitrogen and oxygen atoms in total. The molecule has 1 aliphatic rings. The highest BCUT2D eigenvalue weighted by molar-refractivity contribution is 7.13. The molecule has 42 heavy (non-hydrogen) atoms. The molecule has 3 aromatic rings. The summed E-state index contributed by atoms with van der Waals surface area (Å²) in [6, 6.07) is 9.52. The number of likely N-dealkylation sites (tertiary alicyclic amines) is 1. The number of aldehydes is 1. The Balaban J connectivity index is 1.48. The number of ether oxygens (including phenoxy) is 1. The zero-order chi connectivity index (χ0) is 30.2. The number of rotatable bonds is 15. The van der Waals surface area contributed by atoms with E-state index in [-0.39, 0.29) is 36.4 Å². The fourth-order valence-corrected chi connectivity index (χ4v) is 6.71. The van der Waals surface area contributed by atoms with Crippen molar-refractivity contribution >= 4 is 23.5 Å². The van der Waals surface area contributed by atoms with E-state index < -0.39 is 12.1 Å². The minimum absolute atomic E-state index is 0.0361. The Hall–Kier alpha value is -3.08. The van der Waals surface area contributed by atoms with E-state index in [2.05, 4.69) is 65.4 Å². The number of hydrogen-bond acceptors (Lipinski definition) is 9. The highest BCUT2D eigenvalue weighted by atomic mass is 32.1. The molecular formula is C32H44N4O5S. The minimum Gasteiger partial charge on any atom is -0.468 e. The van der Waals surface area contributed by atoms with Gasteiger partial charge in [-0.15, -0.1) is 11.3 Å². The third-order valence-corrected chi connectivity index (χ3v) is 9.24. The van der Waals surface area contributed by atoms with Crippen LogP contribution in [-0.4, -0.2) is 63.7 Å². The summed E-state index contributed by atoms with van der Waals surface area (Å²) in [7, 11) is 0. The number of β-amino-alcohol motifs (C(OH)–C–C–N with tert-alkyl or cyclic N) is 1. The van der Waals surface area contributed by atoms with E-state index >= 15 is 0 Å².